The second kappa shape index (κ2) is 12.4. The summed E-state index contributed by atoms with van der Waals surface area (Å²) in [5.74, 6) is 2.21. The Morgan fingerprint density at radius 2 is 2.00 bits per heavy atom. The summed E-state index contributed by atoms with van der Waals surface area (Å²) < 4.78 is 6.11. The van der Waals surface area contributed by atoms with E-state index in [1.54, 1.807) is 0 Å². The van der Waals surface area contributed by atoms with Crippen LogP contribution in [0.2, 0.25) is 0 Å². The van der Waals surface area contributed by atoms with Crippen LogP contribution in [0.3, 0.4) is 0 Å². The Morgan fingerprint density at radius 1 is 1.27 bits per heavy atom. The summed E-state index contributed by atoms with van der Waals surface area (Å²) in [6, 6.07) is 7.81. The molecular weight excluding hydrogens is 414 g/mol. The van der Waals surface area contributed by atoms with E-state index in [0.717, 1.165) is 42.4 Å². The molecule has 2 rings (SSSR count). The summed E-state index contributed by atoms with van der Waals surface area (Å²) in [7, 11) is 6.05. The van der Waals surface area contributed by atoms with Crippen LogP contribution in [0.15, 0.2) is 52.3 Å². The maximum absolute atomic E-state index is 13.8. The minimum atomic E-state index is -0.0475. The number of amides is 1. The maximum Gasteiger partial charge on any atom is 0.262 e. The predicted molar refractivity (Wildman–Crippen MR) is 138 cm³/mol. The van der Waals surface area contributed by atoms with Crippen LogP contribution >= 0.6 is 0 Å². The largest absolute Gasteiger partial charge is 0.489 e. The van der Waals surface area contributed by atoms with Gasteiger partial charge < -0.3 is 24.8 Å². The predicted octanol–water partition coefficient (Wildman–Crippen LogP) is 3.89. The van der Waals surface area contributed by atoms with E-state index in [1.165, 1.54) is 0 Å². The van der Waals surface area contributed by atoms with Crippen molar-refractivity contribution < 1.29 is 9.53 Å². The van der Waals surface area contributed by atoms with Gasteiger partial charge in [-0.2, -0.15) is 0 Å². The zero-order valence-corrected chi connectivity index (χ0v) is 21.6. The molecule has 0 saturated heterocycles. The van der Waals surface area contributed by atoms with Gasteiger partial charge in [-0.25, -0.2) is 4.99 Å². The lowest BCUT2D eigenvalue weighted by Crippen LogP contribution is -2.34. The highest BCUT2D eigenvalue weighted by atomic mass is 16.5. The summed E-state index contributed by atoms with van der Waals surface area (Å²) in [6.45, 7) is 13.0. The Morgan fingerprint density at radius 3 is 2.64 bits per heavy atom. The summed E-state index contributed by atoms with van der Waals surface area (Å²) >= 11 is 0. The molecule has 7 nitrogen and oxygen atoms in total. The minimum absolute atomic E-state index is 0.0433. The van der Waals surface area contributed by atoms with Crippen molar-refractivity contribution in [3.8, 4) is 5.75 Å². The van der Waals surface area contributed by atoms with Crippen LogP contribution in [0.25, 0.3) is 0 Å². The number of carbonyl (C=O) groups is 1. The monoisotopic (exact) mass is 455 g/mol. The third kappa shape index (κ3) is 7.63. The number of aliphatic imine (C=N–C) groups is 1. The third-order valence-corrected chi connectivity index (χ3v) is 5.48. The molecule has 0 spiro atoms. The topological polar surface area (TPSA) is 60.4 Å². The van der Waals surface area contributed by atoms with Crippen molar-refractivity contribution in [1.82, 2.24) is 15.1 Å². The van der Waals surface area contributed by atoms with Gasteiger partial charge in [0.05, 0.1) is 5.57 Å². The number of ether oxygens (including phenoxy) is 1. The molecule has 1 atom stereocenters. The number of allylic oxidation sites excluding steroid dienone is 1. The molecule has 182 valence electrons. The number of carbonyl (C=O) groups excluding carboxylic acids is 1. The Bertz CT molecular complexity index is 904. The van der Waals surface area contributed by atoms with E-state index in [9.17, 15) is 4.79 Å². The van der Waals surface area contributed by atoms with Crippen LogP contribution in [0.4, 0.5) is 5.69 Å². The molecule has 33 heavy (non-hydrogen) atoms. The average molecular weight is 456 g/mol. The number of hydrogen-bond donors (Lipinski definition) is 1. The van der Waals surface area contributed by atoms with Gasteiger partial charge in [-0.1, -0.05) is 18.6 Å². The normalized spacial score (nSPS) is 16.9. The van der Waals surface area contributed by atoms with E-state index in [0.29, 0.717) is 24.5 Å². The number of anilines is 1. The van der Waals surface area contributed by atoms with Crippen molar-refractivity contribution in [3.05, 3.63) is 47.3 Å². The Balaban J connectivity index is 2.47. The minimum Gasteiger partial charge on any atom is -0.489 e. The summed E-state index contributed by atoms with van der Waals surface area (Å²) in [4.78, 5) is 24.6. The molecule has 1 aromatic rings. The summed E-state index contributed by atoms with van der Waals surface area (Å²) in [5.41, 5.74) is 2.58. The van der Waals surface area contributed by atoms with Crippen molar-refractivity contribution in [2.75, 3.05) is 52.2 Å². The highest BCUT2D eigenvalue weighted by molar-refractivity contribution is 6.08. The van der Waals surface area contributed by atoms with Crippen LogP contribution in [-0.4, -0.2) is 75.0 Å². The van der Waals surface area contributed by atoms with Crippen LogP contribution < -0.4 is 15.0 Å². The van der Waals surface area contributed by atoms with Crippen LogP contribution in [0, 0.1) is 0 Å². The van der Waals surface area contributed by atoms with Crippen molar-refractivity contribution >= 4 is 17.4 Å². The first-order valence-corrected chi connectivity index (χ1v) is 11.8. The summed E-state index contributed by atoms with van der Waals surface area (Å²) in [6.07, 6.45) is 2.90. The Hall–Kier alpha value is -2.80. The molecule has 1 aromatic carbocycles. The van der Waals surface area contributed by atoms with Gasteiger partial charge in [-0.05, 0) is 66.4 Å². The Labute approximate surface area is 199 Å². The molecule has 1 aliphatic heterocycles. The van der Waals surface area contributed by atoms with Gasteiger partial charge in [0.15, 0.2) is 0 Å². The molecule has 7 heteroatoms. The third-order valence-electron chi connectivity index (χ3n) is 5.48. The van der Waals surface area contributed by atoms with Gasteiger partial charge >= 0.3 is 0 Å². The van der Waals surface area contributed by atoms with Crippen molar-refractivity contribution in [2.24, 2.45) is 4.99 Å². The number of benzene rings is 1. The Kier molecular flexibility index (Phi) is 9.97. The van der Waals surface area contributed by atoms with E-state index < -0.39 is 0 Å². The molecule has 1 amide bonds. The molecule has 0 saturated carbocycles. The molecule has 1 unspecified atom stereocenters. The highest BCUT2D eigenvalue weighted by Gasteiger charge is 2.28. The smallest absolute Gasteiger partial charge is 0.262 e. The zero-order chi connectivity index (χ0) is 24.5. The van der Waals surface area contributed by atoms with Gasteiger partial charge in [0.1, 0.15) is 23.5 Å². The molecule has 0 aliphatic carbocycles. The maximum atomic E-state index is 13.8. The fourth-order valence-electron chi connectivity index (χ4n) is 3.73. The lowest BCUT2D eigenvalue weighted by atomic mass is 10.1. The molecule has 0 radical (unpaired) electrons. The number of likely N-dealkylation sites (N-methyl/N-ethyl adjacent to an activating group) is 2. The number of nitrogens with one attached hydrogen (secondary N) is 1. The molecular formula is C26H41N5O2. The first-order valence-electron chi connectivity index (χ1n) is 11.8. The van der Waals surface area contributed by atoms with Gasteiger partial charge in [0.25, 0.3) is 5.91 Å². The SMILES string of the molecule is CCN/C(C)=N/C1=C(/C=C(\C)CC)C(=O)N(c2cccc(OC(C)CN(C)C)c2)CCN1C. The summed E-state index contributed by atoms with van der Waals surface area (Å²) in [5, 5.41) is 3.24. The van der Waals surface area contributed by atoms with Crippen molar-refractivity contribution in [1.29, 1.82) is 0 Å². The average Bonchev–Trinajstić information content (AvgIpc) is 2.85. The van der Waals surface area contributed by atoms with E-state index in [4.69, 9.17) is 9.73 Å². The van der Waals surface area contributed by atoms with Gasteiger partial charge in [-0.15, -0.1) is 0 Å². The second-order valence-corrected chi connectivity index (χ2v) is 8.88. The van der Waals surface area contributed by atoms with Crippen LogP contribution in [0.1, 0.15) is 41.0 Å². The first-order chi connectivity index (χ1) is 15.7. The molecule has 1 aliphatic rings. The lowest BCUT2D eigenvalue weighted by Gasteiger charge is -2.23. The fraction of sp³-hybridized carbons (Fsp3) is 0.538. The molecule has 0 bridgehead atoms. The molecule has 1 heterocycles. The van der Waals surface area contributed by atoms with Crippen molar-refractivity contribution in [3.63, 3.8) is 0 Å². The van der Waals surface area contributed by atoms with Gasteiger partial charge in [0.2, 0.25) is 0 Å². The van der Waals surface area contributed by atoms with Gasteiger partial charge in [-0.3, -0.25) is 4.79 Å². The van der Waals surface area contributed by atoms with E-state index in [-0.39, 0.29) is 12.0 Å². The zero-order valence-electron chi connectivity index (χ0n) is 21.6. The number of rotatable bonds is 9. The standard InChI is InChI=1S/C26H41N5O2/c1-9-19(3)16-24-25(28-21(5)27-10-2)30(8)14-15-31(26(24)32)22-12-11-13-23(17-22)33-20(4)18-29(6)7/h11-13,16-17,20H,9-10,14-15,18H2,1-8H3,(H,27,28)/b19-16+. The first kappa shape index (κ1) is 26.5. The lowest BCUT2D eigenvalue weighted by molar-refractivity contribution is -0.114. The van der Waals surface area contributed by atoms with Gasteiger partial charge in [0, 0.05) is 45.0 Å². The van der Waals surface area contributed by atoms with E-state index >= 15 is 0 Å². The quantitative estimate of drug-likeness (QED) is 0.452. The number of amidine groups is 1. The number of hydrogen-bond acceptors (Lipinski definition) is 5. The van der Waals surface area contributed by atoms with E-state index in [2.05, 4.69) is 35.9 Å². The number of nitrogens with zero attached hydrogens (tertiary/aromatic N) is 4. The second-order valence-electron chi connectivity index (χ2n) is 8.88. The molecule has 0 aromatic heterocycles. The fourth-order valence-corrected chi connectivity index (χ4v) is 3.73. The van der Waals surface area contributed by atoms with E-state index in [1.807, 2.05) is 70.2 Å². The van der Waals surface area contributed by atoms with Crippen molar-refractivity contribution in [2.45, 2.75) is 47.1 Å². The molecule has 0 fully saturated rings. The highest BCUT2D eigenvalue weighted by Crippen LogP contribution is 2.28. The van der Waals surface area contributed by atoms with Crippen LogP contribution in [0.5, 0.6) is 5.75 Å². The van der Waals surface area contributed by atoms with Crippen LogP contribution in [-0.2, 0) is 4.79 Å². The molecule has 1 N–H and O–H groups in total.